The van der Waals surface area contributed by atoms with E-state index in [-0.39, 0.29) is 11.4 Å². The van der Waals surface area contributed by atoms with Gasteiger partial charge in [-0.05, 0) is 53.9 Å². The predicted molar refractivity (Wildman–Crippen MR) is 129 cm³/mol. The summed E-state index contributed by atoms with van der Waals surface area (Å²) in [5.41, 5.74) is 3.06. The lowest BCUT2D eigenvalue weighted by Gasteiger charge is -2.37. The van der Waals surface area contributed by atoms with E-state index in [0.29, 0.717) is 12.2 Å². The molecule has 1 aliphatic rings. The average molecular weight is 472 g/mol. The molecule has 2 aromatic rings. The molecule has 3 rings (SSSR count). The summed E-state index contributed by atoms with van der Waals surface area (Å²) in [6, 6.07) is 16.0. The molecule has 160 valence electrons. The molecule has 1 saturated heterocycles. The van der Waals surface area contributed by atoms with Crippen LogP contribution in [0.5, 0.6) is 0 Å². The van der Waals surface area contributed by atoms with Crippen LogP contribution in [-0.2, 0) is 0 Å². The zero-order valence-electron chi connectivity index (χ0n) is 17.9. The smallest absolute Gasteiger partial charge is 0.327 e. The minimum Gasteiger partial charge on any atom is -0.368 e. The number of urea groups is 1. The van der Waals surface area contributed by atoms with Crippen molar-refractivity contribution >= 4 is 45.4 Å². The maximum Gasteiger partial charge on any atom is 0.327 e. The molecule has 30 heavy (non-hydrogen) atoms. The number of benzene rings is 2. The number of hydrogen-bond donors (Lipinski definition) is 2. The van der Waals surface area contributed by atoms with Gasteiger partial charge in [0.2, 0.25) is 0 Å². The minimum absolute atomic E-state index is 0.00833. The number of nitrogens with one attached hydrogen (secondary N) is 2. The number of amides is 2. The summed E-state index contributed by atoms with van der Waals surface area (Å²) in [4.78, 5) is 18.5. The number of anilines is 3. The van der Waals surface area contributed by atoms with Crippen LogP contribution in [0.1, 0.15) is 20.8 Å². The first kappa shape index (κ1) is 22.2. The van der Waals surface area contributed by atoms with Crippen molar-refractivity contribution in [2.24, 2.45) is 5.41 Å². The largest absolute Gasteiger partial charge is 0.368 e. The Bertz CT molecular complexity index is 853. The van der Waals surface area contributed by atoms with E-state index in [1.54, 1.807) is 0 Å². The van der Waals surface area contributed by atoms with E-state index in [1.165, 1.54) is 10.6 Å². The van der Waals surface area contributed by atoms with Gasteiger partial charge in [0.15, 0.2) is 0 Å². The molecule has 0 bridgehead atoms. The number of hydrogen-bond acceptors (Lipinski definition) is 4. The third kappa shape index (κ3) is 5.75. The molecular formula is C23H30BrN5O. The second-order valence-electron chi connectivity index (χ2n) is 8.69. The number of nitrogens with zero attached hydrogens (tertiary/aromatic N) is 3. The van der Waals surface area contributed by atoms with Crippen molar-refractivity contribution in [2.45, 2.75) is 20.8 Å². The normalized spacial score (nSPS) is 14.4. The quantitative estimate of drug-likeness (QED) is 0.479. The third-order valence-electron chi connectivity index (χ3n) is 5.08. The molecule has 2 aromatic carbocycles. The lowest BCUT2D eigenvalue weighted by molar-refractivity contribution is 0.244. The average Bonchev–Trinajstić information content (AvgIpc) is 2.73. The first-order valence-corrected chi connectivity index (χ1v) is 11.0. The first-order valence-electron chi connectivity index (χ1n) is 10.2. The van der Waals surface area contributed by atoms with Crippen molar-refractivity contribution < 1.29 is 4.79 Å². The Hall–Kier alpha value is -2.54. The van der Waals surface area contributed by atoms with E-state index in [0.717, 1.165) is 42.7 Å². The topological polar surface area (TPSA) is 62.7 Å². The lowest BCUT2D eigenvalue weighted by atomic mass is 9.97. The Morgan fingerprint density at radius 2 is 1.47 bits per heavy atom. The molecule has 0 aliphatic carbocycles. The molecule has 0 atom stereocenters. The number of rotatable bonds is 5. The van der Waals surface area contributed by atoms with Crippen LogP contribution in [0.15, 0.2) is 53.0 Å². The molecule has 0 spiro atoms. The Balaban J connectivity index is 1.59. The summed E-state index contributed by atoms with van der Waals surface area (Å²) < 4.78 is 1.09. The van der Waals surface area contributed by atoms with Gasteiger partial charge in [0.05, 0.1) is 12.0 Å². The van der Waals surface area contributed by atoms with E-state index >= 15 is 0 Å². The van der Waals surface area contributed by atoms with Crippen LogP contribution in [0.25, 0.3) is 0 Å². The van der Waals surface area contributed by atoms with Gasteiger partial charge in [-0.25, -0.2) is 4.79 Å². The van der Waals surface area contributed by atoms with E-state index in [1.807, 2.05) is 24.3 Å². The van der Waals surface area contributed by atoms with E-state index in [9.17, 15) is 4.79 Å². The molecule has 1 heterocycles. The van der Waals surface area contributed by atoms with Gasteiger partial charge in [-0.15, -0.1) is 0 Å². The molecule has 0 radical (unpaired) electrons. The Labute approximate surface area is 187 Å². The van der Waals surface area contributed by atoms with Crippen molar-refractivity contribution in [2.75, 3.05) is 47.4 Å². The SMILES string of the molecule is CC(C)(C)CNC(=O)N(C=N)c1ccc(N2CCN(c3ccc(Br)cc3)CC2)cc1. The number of carbonyl (C=O) groups is 1. The summed E-state index contributed by atoms with van der Waals surface area (Å²) in [6.07, 6.45) is 1.06. The second-order valence-corrected chi connectivity index (χ2v) is 9.60. The van der Waals surface area contributed by atoms with Gasteiger partial charge >= 0.3 is 6.03 Å². The molecule has 1 aliphatic heterocycles. The highest BCUT2D eigenvalue weighted by molar-refractivity contribution is 9.10. The van der Waals surface area contributed by atoms with Crippen LogP contribution in [0.3, 0.4) is 0 Å². The van der Waals surface area contributed by atoms with Crippen LogP contribution in [0.4, 0.5) is 21.9 Å². The molecule has 2 amide bonds. The van der Waals surface area contributed by atoms with Crippen molar-refractivity contribution in [3.8, 4) is 0 Å². The number of halogens is 1. The van der Waals surface area contributed by atoms with Crippen LogP contribution >= 0.6 is 15.9 Å². The van der Waals surface area contributed by atoms with Crippen LogP contribution < -0.4 is 20.0 Å². The summed E-state index contributed by atoms with van der Waals surface area (Å²) in [5.74, 6) is 0. The molecule has 7 heteroatoms. The molecular weight excluding hydrogens is 442 g/mol. The number of piperazine rings is 1. The minimum atomic E-state index is -0.282. The fourth-order valence-corrected chi connectivity index (χ4v) is 3.64. The summed E-state index contributed by atoms with van der Waals surface area (Å²) in [7, 11) is 0. The third-order valence-corrected chi connectivity index (χ3v) is 5.61. The van der Waals surface area contributed by atoms with Crippen LogP contribution in [0.2, 0.25) is 0 Å². The molecule has 2 N–H and O–H groups in total. The Kier molecular flexibility index (Phi) is 7.02. The predicted octanol–water partition coefficient (Wildman–Crippen LogP) is 4.94. The van der Waals surface area contributed by atoms with E-state index < -0.39 is 0 Å². The van der Waals surface area contributed by atoms with Gasteiger partial charge in [0, 0.05) is 48.6 Å². The summed E-state index contributed by atoms with van der Waals surface area (Å²) >= 11 is 3.49. The fraction of sp³-hybridized carbons (Fsp3) is 0.391. The molecule has 0 aromatic heterocycles. The maximum atomic E-state index is 12.4. The Morgan fingerprint density at radius 3 is 1.90 bits per heavy atom. The highest BCUT2D eigenvalue weighted by Gasteiger charge is 2.20. The second kappa shape index (κ2) is 9.51. The highest BCUT2D eigenvalue weighted by Crippen LogP contribution is 2.24. The summed E-state index contributed by atoms with van der Waals surface area (Å²) in [5, 5.41) is 10.5. The van der Waals surface area contributed by atoms with Gasteiger partial charge in [-0.2, -0.15) is 0 Å². The highest BCUT2D eigenvalue weighted by atomic mass is 79.9. The molecule has 0 saturated carbocycles. The van der Waals surface area contributed by atoms with Crippen molar-refractivity contribution in [1.29, 1.82) is 5.41 Å². The van der Waals surface area contributed by atoms with E-state index in [4.69, 9.17) is 5.41 Å². The Morgan fingerprint density at radius 1 is 1.00 bits per heavy atom. The zero-order chi connectivity index (χ0) is 21.7. The summed E-state index contributed by atoms with van der Waals surface area (Å²) in [6.45, 7) is 10.5. The van der Waals surface area contributed by atoms with Crippen LogP contribution in [-0.4, -0.2) is 45.1 Å². The molecule has 1 fully saturated rings. The lowest BCUT2D eigenvalue weighted by Crippen LogP contribution is -2.46. The van der Waals surface area contributed by atoms with Crippen molar-refractivity contribution in [3.05, 3.63) is 53.0 Å². The van der Waals surface area contributed by atoms with Gasteiger partial charge in [-0.3, -0.25) is 10.3 Å². The molecule has 6 nitrogen and oxygen atoms in total. The van der Waals surface area contributed by atoms with Crippen LogP contribution in [0, 0.1) is 10.8 Å². The first-order chi connectivity index (χ1) is 14.3. The van der Waals surface area contributed by atoms with Crippen molar-refractivity contribution in [1.82, 2.24) is 5.32 Å². The van der Waals surface area contributed by atoms with Gasteiger partial charge in [0.25, 0.3) is 0 Å². The van der Waals surface area contributed by atoms with E-state index in [2.05, 4.69) is 76.1 Å². The monoisotopic (exact) mass is 471 g/mol. The van der Waals surface area contributed by atoms with Crippen molar-refractivity contribution in [3.63, 3.8) is 0 Å². The van der Waals surface area contributed by atoms with Gasteiger partial charge < -0.3 is 15.1 Å². The number of carbonyl (C=O) groups excluding carboxylic acids is 1. The standard InChI is InChI=1S/C23H30BrN5O/c1-23(2,3)16-26-22(30)29(17-25)21-10-8-20(9-11-21)28-14-12-27(13-15-28)19-6-4-18(24)5-7-19/h4-11,17,25H,12-16H2,1-3H3,(H,26,30). The maximum absolute atomic E-state index is 12.4. The zero-order valence-corrected chi connectivity index (χ0v) is 19.4. The van der Waals surface area contributed by atoms with Gasteiger partial charge in [-0.1, -0.05) is 36.7 Å². The fourth-order valence-electron chi connectivity index (χ4n) is 3.38. The van der Waals surface area contributed by atoms with Gasteiger partial charge in [0.1, 0.15) is 0 Å². The molecule has 0 unspecified atom stereocenters.